The van der Waals surface area contributed by atoms with Crippen LogP contribution in [0.5, 0.6) is 0 Å². The molecule has 2 N–H and O–H groups in total. The largest absolute Gasteiger partial charge is 0.322 e. The molecule has 2 rings (SSSR count). The smallest absolute Gasteiger partial charge is 0.255 e. The lowest BCUT2D eigenvalue weighted by Crippen LogP contribution is -2.13. The van der Waals surface area contributed by atoms with E-state index in [-0.39, 0.29) is 5.56 Å². The summed E-state index contributed by atoms with van der Waals surface area (Å²) in [4.78, 5) is 11.9. The second-order valence-electron chi connectivity index (χ2n) is 4.31. The molecule has 2 aromatic rings. The Morgan fingerprint density at radius 3 is 2.60 bits per heavy atom. The van der Waals surface area contributed by atoms with E-state index in [1.54, 1.807) is 6.07 Å². The molecule has 0 heterocycles. The van der Waals surface area contributed by atoms with E-state index in [1.807, 2.05) is 25.2 Å². The summed E-state index contributed by atoms with van der Waals surface area (Å²) in [7, 11) is 1.83. The molecule has 0 spiro atoms. The minimum Gasteiger partial charge on any atom is -0.322 e. The monoisotopic (exact) mass is 276 g/mol. The fraction of sp³-hybridized carbons (Fsp3) is 0.133. The Labute approximate surface area is 115 Å². The first-order chi connectivity index (χ1) is 9.60. The fourth-order valence-corrected chi connectivity index (χ4v) is 1.80. The van der Waals surface area contributed by atoms with Crippen molar-refractivity contribution in [3.8, 4) is 0 Å². The average Bonchev–Trinajstić information content (AvgIpc) is 2.42. The minimum absolute atomic E-state index is 0.0721. The van der Waals surface area contributed by atoms with Crippen LogP contribution in [0.4, 0.5) is 14.5 Å². The molecule has 0 aromatic heterocycles. The first-order valence-corrected chi connectivity index (χ1v) is 6.10. The molecule has 0 fully saturated rings. The lowest BCUT2D eigenvalue weighted by Gasteiger charge is -2.07. The lowest BCUT2D eigenvalue weighted by molar-refractivity contribution is 0.102. The summed E-state index contributed by atoms with van der Waals surface area (Å²) in [5.41, 5.74) is 1.69. The van der Waals surface area contributed by atoms with Crippen molar-refractivity contribution in [3.05, 3.63) is 65.2 Å². The lowest BCUT2D eigenvalue weighted by atomic mass is 10.1. The second-order valence-corrected chi connectivity index (χ2v) is 4.31. The predicted molar refractivity (Wildman–Crippen MR) is 73.5 cm³/mol. The molecule has 20 heavy (non-hydrogen) atoms. The van der Waals surface area contributed by atoms with Gasteiger partial charge in [-0.15, -0.1) is 0 Å². The Kier molecular flexibility index (Phi) is 4.42. The average molecular weight is 276 g/mol. The zero-order valence-electron chi connectivity index (χ0n) is 10.9. The number of halogens is 2. The number of carbonyl (C=O) groups is 1. The normalized spacial score (nSPS) is 10.3. The molecule has 0 atom stereocenters. The Hall–Kier alpha value is -2.27. The van der Waals surface area contributed by atoms with E-state index in [0.29, 0.717) is 12.2 Å². The molecular formula is C15H14F2N2O. The third-order valence-electron chi connectivity index (χ3n) is 2.75. The molecule has 3 nitrogen and oxygen atoms in total. The molecule has 0 aliphatic carbocycles. The standard InChI is InChI=1S/C15H14F2N2O/c1-18-9-10-3-2-4-12(7-10)19-15(20)11-5-6-13(16)14(17)8-11/h2-8,18H,9H2,1H3,(H,19,20). The van der Waals surface area contributed by atoms with Crippen molar-refractivity contribution in [1.29, 1.82) is 0 Å². The van der Waals surface area contributed by atoms with E-state index < -0.39 is 17.5 Å². The first-order valence-electron chi connectivity index (χ1n) is 6.10. The number of hydrogen-bond acceptors (Lipinski definition) is 2. The highest BCUT2D eigenvalue weighted by atomic mass is 19.2. The van der Waals surface area contributed by atoms with Gasteiger partial charge < -0.3 is 10.6 Å². The molecule has 0 aliphatic rings. The van der Waals surface area contributed by atoms with Crippen LogP contribution >= 0.6 is 0 Å². The first kappa shape index (κ1) is 14.1. The van der Waals surface area contributed by atoms with Crippen molar-refractivity contribution in [3.63, 3.8) is 0 Å². The maximum Gasteiger partial charge on any atom is 0.255 e. The van der Waals surface area contributed by atoms with Gasteiger partial charge in [-0.2, -0.15) is 0 Å². The molecule has 0 unspecified atom stereocenters. The zero-order chi connectivity index (χ0) is 14.5. The molecule has 0 saturated heterocycles. The van der Waals surface area contributed by atoms with Gasteiger partial charge in [-0.3, -0.25) is 4.79 Å². The van der Waals surface area contributed by atoms with Gasteiger partial charge in [0.15, 0.2) is 11.6 Å². The zero-order valence-corrected chi connectivity index (χ0v) is 10.9. The number of amides is 1. The predicted octanol–water partition coefficient (Wildman–Crippen LogP) is 2.94. The van der Waals surface area contributed by atoms with Gasteiger partial charge in [0.2, 0.25) is 0 Å². The summed E-state index contributed by atoms with van der Waals surface area (Å²) in [5.74, 6) is -2.50. The number of benzene rings is 2. The van der Waals surface area contributed by atoms with Gasteiger partial charge in [-0.25, -0.2) is 8.78 Å². The van der Waals surface area contributed by atoms with E-state index >= 15 is 0 Å². The second kappa shape index (κ2) is 6.25. The maximum atomic E-state index is 13.1. The molecule has 1 amide bonds. The summed E-state index contributed by atoms with van der Waals surface area (Å²) < 4.78 is 25.9. The number of hydrogen-bond donors (Lipinski definition) is 2. The summed E-state index contributed by atoms with van der Waals surface area (Å²) in [6.07, 6.45) is 0. The number of anilines is 1. The Balaban J connectivity index is 2.14. The quantitative estimate of drug-likeness (QED) is 0.901. The maximum absolute atomic E-state index is 13.1. The van der Waals surface area contributed by atoms with Crippen molar-refractivity contribution in [2.75, 3.05) is 12.4 Å². The van der Waals surface area contributed by atoms with Crippen LogP contribution in [0.15, 0.2) is 42.5 Å². The molecule has 104 valence electrons. The molecule has 0 saturated carbocycles. The molecule has 5 heteroatoms. The topological polar surface area (TPSA) is 41.1 Å². The van der Waals surface area contributed by atoms with Crippen molar-refractivity contribution in [1.82, 2.24) is 5.32 Å². The van der Waals surface area contributed by atoms with Gasteiger partial charge in [0.1, 0.15) is 0 Å². The number of carbonyl (C=O) groups excluding carboxylic acids is 1. The molecule has 2 aromatic carbocycles. The van der Waals surface area contributed by atoms with Crippen LogP contribution in [0.3, 0.4) is 0 Å². The van der Waals surface area contributed by atoms with Gasteiger partial charge in [-0.1, -0.05) is 12.1 Å². The molecular weight excluding hydrogens is 262 g/mol. The van der Waals surface area contributed by atoms with Crippen molar-refractivity contribution >= 4 is 11.6 Å². The highest BCUT2D eigenvalue weighted by Crippen LogP contribution is 2.14. The minimum atomic E-state index is -1.04. The SMILES string of the molecule is CNCc1cccc(NC(=O)c2ccc(F)c(F)c2)c1. The van der Waals surface area contributed by atoms with Crippen LogP contribution in [0.2, 0.25) is 0 Å². The molecule has 0 aliphatic heterocycles. The molecule has 0 radical (unpaired) electrons. The van der Waals surface area contributed by atoms with Crippen LogP contribution in [-0.4, -0.2) is 13.0 Å². The van der Waals surface area contributed by atoms with E-state index in [4.69, 9.17) is 0 Å². The third kappa shape index (κ3) is 3.39. The highest BCUT2D eigenvalue weighted by Gasteiger charge is 2.10. The van der Waals surface area contributed by atoms with Gasteiger partial charge in [0.05, 0.1) is 0 Å². The van der Waals surface area contributed by atoms with Crippen LogP contribution in [-0.2, 0) is 6.54 Å². The van der Waals surface area contributed by atoms with Crippen LogP contribution in [0.1, 0.15) is 15.9 Å². The van der Waals surface area contributed by atoms with E-state index in [2.05, 4.69) is 10.6 Å². The van der Waals surface area contributed by atoms with Crippen molar-refractivity contribution in [2.45, 2.75) is 6.54 Å². The van der Waals surface area contributed by atoms with Gasteiger partial charge >= 0.3 is 0 Å². The summed E-state index contributed by atoms with van der Waals surface area (Å²) in [5, 5.41) is 5.65. The Bertz CT molecular complexity index is 629. The van der Waals surface area contributed by atoms with Gasteiger partial charge in [0, 0.05) is 17.8 Å². The van der Waals surface area contributed by atoms with Gasteiger partial charge in [0.25, 0.3) is 5.91 Å². The van der Waals surface area contributed by atoms with E-state index in [0.717, 1.165) is 17.7 Å². The van der Waals surface area contributed by atoms with Crippen molar-refractivity contribution in [2.24, 2.45) is 0 Å². The van der Waals surface area contributed by atoms with E-state index in [1.165, 1.54) is 6.07 Å². The third-order valence-corrected chi connectivity index (χ3v) is 2.75. The summed E-state index contributed by atoms with van der Waals surface area (Å²) >= 11 is 0. The Morgan fingerprint density at radius 1 is 1.10 bits per heavy atom. The Morgan fingerprint density at radius 2 is 1.90 bits per heavy atom. The van der Waals surface area contributed by atoms with Gasteiger partial charge in [-0.05, 0) is 42.9 Å². The fourth-order valence-electron chi connectivity index (χ4n) is 1.80. The number of rotatable bonds is 4. The molecule has 0 bridgehead atoms. The van der Waals surface area contributed by atoms with Crippen LogP contribution in [0, 0.1) is 11.6 Å². The van der Waals surface area contributed by atoms with Crippen molar-refractivity contribution < 1.29 is 13.6 Å². The van der Waals surface area contributed by atoms with E-state index in [9.17, 15) is 13.6 Å². The van der Waals surface area contributed by atoms with Crippen LogP contribution in [0.25, 0.3) is 0 Å². The number of nitrogens with one attached hydrogen (secondary N) is 2. The summed E-state index contributed by atoms with van der Waals surface area (Å²) in [6, 6.07) is 10.3. The highest BCUT2D eigenvalue weighted by molar-refractivity contribution is 6.04. The van der Waals surface area contributed by atoms with Crippen LogP contribution < -0.4 is 10.6 Å². The summed E-state index contributed by atoms with van der Waals surface area (Å²) in [6.45, 7) is 0.675.